The SMILES string of the molecule is OCCCCCCNC1CCOC2(CCSCC2)C1. The van der Waals surface area contributed by atoms with E-state index in [0.29, 0.717) is 12.6 Å². The number of thioether (sulfide) groups is 1. The second-order valence-corrected chi connectivity index (χ2v) is 7.15. The van der Waals surface area contributed by atoms with Crippen molar-refractivity contribution in [3.63, 3.8) is 0 Å². The first kappa shape index (κ1) is 15.6. The van der Waals surface area contributed by atoms with Gasteiger partial charge in [-0.25, -0.2) is 0 Å². The zero-order valence-corrected chi connectivity index (χ0v) is 12.8. The van der Waals surface area contributed by atoms with Gasteiger partial charge in [0, 0.05) is 19.3 Å². The van der Waals surface area contributed by atoms with Crippen LogP contribution < -0.4 is 5.32 Å². The summed E-state index contributed by atoms with van der Waals surface area (Å²) < 4.78 is 6.11. The third-order valence-corrected chi connectivity index (χ3v) is 5.40. The molecule has 2 saturated heterocycles. The van der Waals surface area contributed by atoms with Gasteiger partial charge in [0.1, 0.15) is 0 Å². The van der Waals surface area contributed by atoms with E-state index in [0.717, 1.165) is 26.0 Å². The summed E-state index contributed by atoms with van der Waals surface area (Å²) in [6.07, 6.45) is 9.46. The Bertz CT molecular complexity index is 239. The van der Waals surface area contributed by atoms with E-state index in [1.54, 1.807) is 0 Å². The lowest BCUT2D eigenvalue weighted by Gasteiger charge is -2.43. The number of hydrogen-bond acceptors (Lipinski definition) is 4. The average molecular weight is 287 g/mol. The summed E-state index contributed by atoms with van der Waals surface area (Å²) in [5, 5.41) is 12.5. The second-order valence-electron chi connectivity index (χ2n) is 5.93. The van der Waals surface area contributed by atoms with Crippen LogP contribution in [-0.4, -0.2) is 48.0 Å². The molecule has 0 saturated carbocycles. The molecule has 112 valence electrons. The van der Waals surface area contributed by atoms with Crippen LogP contribution in [0.3, 0.4) is 0 Å². The highest BCUT2D eigenvalue weighted by Gasteiger charge is 2.38. The molecule has 3 nitrogen and oxygen atoms in total. The minimum absolute atomic E-state index is 0.206. The molecular weight excluding hydrogens is 258 g/mol. The molecular formula is C15H29NO2S. The number of ether oxygens (including phenoxy) is 1. The molecule has 19 heavy (non-hydrogen) atoms. The lowest BCUT2D eigenvalue weighted by Crippen LogP contribution is -2.49. The monoisotopic (exact) mass is 287 g/mol. The molecule has 0 bridgehead atoms. The van der Waals surface area contributed by atoms with Crippen molar-refractivity contribution in [2.24, 2.45) is 0 Å². The number of nitrogens with one attached hydrogen (secondary N) is 1. The predicted octanol–water partition coefficient (Wildman–Crippen LogP) is 2.57. The van der Waals surface area contributed by atoms with Crippen molar-refractivity contribution in [3.05, 3.63) is 0 Å². The third kappa shape index (κ3) is 5.25. The lowest BCUT2D eigenvalue weighted by molar-refractivity contribution is -0.0930. The molecule has 0 radical (unpaired) electrons. The normalized spacial score (nSPS) is 26.7. The van der Waals surface area contributed by atoms with Crippen LogP contribution in [0.4, 0.5) is 0 Å². The summed E-state index contributed by atoms with van der Waals surface area (Å²) in [6.45, 7) is 2.40. The largest absolute Gasteiger partial charge is 0.396 e. The highest BCUT2D eigenvalue weighted by atomic mass is 32.2. The van der Waals surface area contributed by atoms with Crippen molar-refractivity contribution in [1.82, 2.24) is 5.32 Å². The molecule has 0 aliphatic carbocycles. The Balaban J connectivity index is 1.61. The molecule has 2 N–H and O–H groups in total. The molecule has 4 heteroatoms. The Kier molecular flexibility index (Phi) is 6.99. The molecule has 1 spiro atoms. The van der Waals surface area contributed by atoms with Gasteiger partial charge in [-0.3, -0.25) is 0 Å². The van der Waals surface area contributed by atoms with E-state index in [9.17, 15) is 0 Å². The fourth-order valence-corrected chi connectivity index (χ4v) is 4.43. The topological polar surface area (TPSA) is 41.5 Å². The van der Waals surface area contributed by atoms with Crippen LogP contribution in [0, 0.1) is 0 Å². The van der Waals surface area contributed by atoms with E-state index in [4.69, 9.17) is 9.84 Å². The number of aliphatic hydroxyl groups is 1. The van der Waals surface area contributed by atoms with Gasteiger partial charge in [-0.05, 0) is 56.6 Å². The van der Waals surface area contributed by atoms with Gasteiger partial charge in [-0.1, -0.05) is 12.8 Å². The van der Waals surface area contributed by atoms with Crippen LogP contribution >= 0.6 is 11.8 Å². The van der Waals surface area contributed by atoms with Gasteiger partial charge in [-0.15, -0.1) is 0 Å². The van der Waals surface area contributed by atoms with Crippen molar-refractivity contribution in [1.29, 1.82) is 0 Å². The maximum atomic E-state index is 8.74. The van der Waals surface area contributed by atoms with Crippen molar-refractivity contribution in [2.45, 2.75) is 63.0 Å². The average Bonchev–Trinajstić information content (AvgIpc) is 2.44. The fourth-order valence-electron chi connectivity index (χ4n) is 3.19. The van der Waals surface area contributed by atoms with Crippen molar-refractivity contribution < 1.29 is 9.84 Å². The Morgan fingerprint density at radius 1 is 1.16 bits per heavy atom. The summed E-state index contributed by atoms with van der Waals surface area (Å²) >= 11 is 2.07. The van der Waals surface area contributed by atoms with E-state index in [2.05, 4.69) is 17.1 Å². The van der Waals surface area contributed by atoms with Crippen LogP contribution in [-0.2, 0) is 4.74 Å². The molecule has 0 aromatic rings. The first-order chi connectivity index (χ1) is 9.35. The summed E-state index contributed by atoms with van der Waals surface area (Å²) in [5.41, 5.74) is 0.206. The number of aliphatic hydroxyl groups excluding tert-OH is 1. The zero-order valence-electron chi connectivity index (χ0n) is 12.0. The summed E-state index contributed by atoms with van der Waals surface area (Å²) in [6, 6.07) is 0.662. The van der Waals surface area contributed by atoms with Crippen molar-refractivity contribution >= 4 is 11.8 Å². The summed E-state index contributed by atoms with van der Waals surface area (Å²) in [5.74, 6) is 2.54. The Morgan fingerprint density at radius 2 is 1.95 bits per heavy atom. The zero-order chi connectivity index (χ0) is 13.4. The molecule has 2 aliphatic rings. The maximum absolute atomic E-state index is 8.74. The standard InChI is InChI=1S/C15H29NO2S/c17-9-4-2-1-3-8-16-14-5-10-18-15(13-14)6-11-19-12-7-15/h14,16-17H,1-13H2. The Labute approximate surface area is 121 Å². The molecule has 0 aromatic carbocycles. The molecule has 1 unspecified atom stereocenters. The lowest BCUT2D eigenvalue weighted by atomic mass is 9.85. The van der Waals surface area contributed by atoms with Crippen LogP contribution in [0.2, 0.25) is 0 Å². The molecule has 2 aliphatic heterocycles. The predicted molar refractivity (Wildman–Crippen MR) is 81.8 cm³/mol. The van der Waals surface area contributed by atoms with Crippen molar-refractivity contribution in [2.75, 3.05) is 31.3 Å². The van der Waals surface area contributed by atoms with Gasteiger partial charge in [0.25, 0.3) is 0 Å². The number of rotatable bonds is 7. The third-order valence-electron chi connectivity index (χ3n) is 4.41. The van der Waals surface area contributed by atoms with Crippen LogP contribution in [0.15, 0.2) is 0 Å². The van der Waals surface area contributed by atoms with E-state index in [-0.39, 0.29) is 5.60 Å². The molecule has 0 aromatic heterocycles. The fraction of sp³-hybridized carbons (Fsp3) is 1.00. The smallest absolute Gasteiger partial charge is 0.0713 e. The molecule has 2 fully saturated rings. The van der Waals surface area contributed by atoms with Crippen LogP contribution in [0.25, 0.3) is 0 Å². The molecule has 0 amide bonds. The van der Waals surface area contributed by atoms with E-state index in [1.807, 2.05) is 0 Å². The number of hydrogen-bond donors (Lipinski definition) is 2. The molecule has 2 rings (SSSR count). The maximum Gasteiger partial charge on any atom is 0.0713 e. The van der Waals surface area contributed by atoms with Gasteiger partial charge >= 0.3 is 0 Å². The molecule has 2 heterocycles. The van der Waals surface area contributed by atoms with Gasteiger partial charge < -0.3 is 15.2 Å². The first-order valence-corrected chi connectivity index (χ1v) is 9.06. The highest BCUT2D eigenvalue weighted by Crippen LogP contribution is 2.37. The second kappa shape index (κ2) is 8.50. The summed E-state index contributed by atoms with van der Waals surface area (Å²) in [4.78, 5) is 0. The van der Waals surface area contributed by atoms with E-state index in [1.165, 1.54) is 50.0 Å². The quantitative estimate of drug-likeness (QED) is 0.706. The highest BCUT2D eigenvalue weighted by molar-refractivity contribution is 7.99. The van der Waals surface area contributed by atoms with Crippen molar-refractivity contribution in [3.8, 4) is 0 Å². The Hall–Kier alpha value is 0.230. The van der Waals surface area contributed by atoms with Gasteiger partial charge in [0.2, 0.25) is 0 Å². The Morgan fingerprint density at radius 3 is 2.74 bits per heavy atom. The number of unbranched alkanes of at least 4 members (excludes halogenated alkanes) is 3. The van der Waals surface area contributed by atoms with Gasteiger partial charge in [-0.2, -0.15) is 11.8 Å². The van der Waals surface area contributed by atoms with Gasteiger partial charge in [0.15, 0.2) is 0 Å². The minimum atomic E-state index is 0.206. The van der Waals surface area contributed by atoms with Gasteiger partial charge in [0.05, 0.1) is 5.60 Å². The van der Waals surface area contributed by atoms with Crippen LogP contribution in [0.1, 0.15) is 51.4 Å². The minimum Gasteiger partial charge on any atom is -0.396 e. The van der Waals surface area contributed by atoms with E-state index < -0.39 is 0 Å². The van der Waals surface area contributed by atoms with Crippen LogP contribution in [0.5, 0.6) is 0 Å². The summed E-state index contributed by atoms with van der Waals surface area (Å²) in [7, 11) is 0. The van der Waals surface area contributed by atoms with E-state index >= 15 is 0 Å². The molecule has 1 atom stereocenters. The first-order valence-electron chi connectivity index (χ1n) is 7.91.